The summed E-state index contributed by atoms with van der Waals surface area (Å²) < 4.78 is 51.8. The van der Waals surface area contributed by atoms with Crippen LogP contribution in [0.2, 0.25) is 0 Å². The highest BCUT2D eigenvalue weighted by Gasteiger charge is 2.25. The van der Waals surface area contributed by atoms with E-state index in [1.54, 1.807) is 25.1 Å². The topological polar surface area (TPSA) is 83.6 Å². The Morgan fingerprint density at radius 2 is 1.95 bits per heavy atom. The number of hydrogen-bond donors (Lipinski definition) is 1. The van der Waals surface area contributed by atoms with E-state index in [2.05, 4.69) is 4.72 Å². The molecule has 1 fully saturated rings. The first-order valence-corrected chi connectivity index (χ1v) is 9.95. The Morgan fingerprint density at radius 1 is 1.24 bits per heavy atom. The zero-order chi connectivity index (χ0) is 15.5. The molecule has 0 aromatic heterocycles. The normalized spacial score (nSPS) is 19.5. The second-order valence-electron chi connectivity index (χ2n) is 5.09. The van der Waals surface area contributed by atoms with Gasteiger partial charge in [-0.05, 0) is 31.4 Å². The van der Waals surface area contributed by atoms with Crippen molar-refractivity contribution in [2.75, 3.05) is 25.4 Å². The number of nitrogens with one attached hydrogen (secondary N) is 1. The standard InChI is InChI=1S/C13H20N2O4S2/c1-12-6-2-3-7-13(12)21(18,19)14-8-10-15-9-4-5-11-20(15,16)17/h2-3,6-7,14H,4-5,8-11H2,1H3. The fourth-order valence-electron chi connectivity index (χ4n) is 2.33. The molecule has 1 aromatic rings. The van der Waals surface area contributed by atoms with Crippen molar-refractivity contribution in [2.24, 2.45) is 0 Å². The minimum atomic E-state index is -3.60. The summed E-state index contributed by atoms with van der Waals surface area (Å²) >= 11 is 0. The minimum absolute atomic E-state index is 0.0793. The Morgan fingerprint density at radius 3 is 2.62 bits per heavy atom. The lowest BCUT2D eigenvalue weighted by Gasteiger charge is -2.26. The molecule has 0 spiro atoms. The van der Waals surface area contributed by atoms with Gasteiger partial charge in [0.1, 0.15) is 0 Å². The average Bonchev–Trinajstić information content (AvgIpc) is 2.40. The Kier molecular flexibility index (Phi) is 5.03. The molecular formula is C13H20N2O4S2. The molecule has 1 heterocycles. The predicted molar refractivity (Wildman–Crippen MR) is 81.0 cm³/mol. The summed E-state index contributed by atoms with van der Waals surface area (Å²) in [5.74, 6) is 0.150. The van der Waals surface area contributed by atoms with Gasteiger partial charge in [0, 0.05) is 19.6 Å². The zero-order valence-electron chi connectivity index (χ0n) is 11.9. The van der Waals surface area contributed by atoms with Gasteiger partial charge in [-0.15, -0.1) is 0 Å². The molecule has 8 heteroatoms. The number of rotatable bonds is 5. The quantitative estimate of drug-likeness (QED) is 0.860. The molecule has 1 aromatic carbocycles. The Labute approximate surface area is 126 Å². The Balaban J connectivity index is 1.98. The third-order valence-corrected chi connectivity index (χ3v) is 7.07. The van der Waals surface area contributed by atoms with Crippen LogP contribution in [0.4, 0.5) is 0 Å². The van der Waals surface area contributed by atoms with Gasteiger partial charge in [0.15, 0.2) is 0 Å². The van der Waals surface area contributed by atoms with Gasteiger partial charge >= 0.3 is 0 Å². The van der Waals surface area contributed by atoms with E-state index in [4.69, 9.17) is 0 Å². The third kappa shape index (κ3) is 4.03. The summed E-state index contributed by atoms with van der Waals surface area (Å²) in [6.07, 6.45) is 1.50. The van der Waals surface area contributed by atoms with Crippen LogP contribution in [-0.4, -0.2) is 46.5 Å². The molecule has 1 aliphatic heterocycles. The lowest BCUT2D eigenvalue weighted by Crippen LogP contribution is -2.42. The molecule has 0 saturated carbocycles. The molecule has 0 aliphatic carbocycles. The van der Waals surface area contributed by atoms with Crippen LogP contribution >= 0.6 is 0 Å². The van der Waals surface area contributed by atoms with E-state index < -0.39 is 20.0 Å². The molecule has 0 atom stereocenters. The van der Waals surface area contributed by atoms with Gasteiger partial charge in [-0.3, -0.25) is 0 Å². The molecule has 118 valence electrons. The maximum Gasteiger partial charge on any atom is 0.240 e. The lowest BCUT2D eigenvalue weighted by molar-refractivity contribution is 0.386. The van der Waals surface area contributed by atoms with Crippen molar-refractivity contribution < 1.29 is 16.8 Å². The molecule has 0 unspecified atom stereocenters. The fraction of sp³-hybridized carbons (Fsp3) is 0.538. The van der Waals surface area contributed by atoms with E-state index in [0.717, 1.165) is 6.42 Å². The second-order valence-corrected chi connectivity index (χ2v) is 8.91. The predicted octanol–water partition coefficient (Wildman–Crippen LogP) is 0.699. The highest BCUT2D eigenvalue weighted by Crippen LogP contribution is 2.15. The van der Waals surface area contributed by atoms with E-state index in [9.17, 15) is 16.8 Å². The Hall–Kier alpha value is -0.960. The van der Waals surface area contributed by atoms with Crippen LogP contribution in [0.25, 0.3) is 0 Å². The summed E-state index contributed by atoms with van der Waals surface area (Å²) in [6, 6.07) is 6.70. The molecule has 1 aliphatic rings. The first-order chi connectivity index (χ1) is 9.83. The van der Waals surface area contributed by atoms with E-state index in [1.165, 1.54) is 10.4 Å². The summed E-state index contributed by atoms with van der Waals surface area (Å²) in [6.45, 7) is 2.45. The van der Waals surface area contributed by atoms with Crippen molar-refractivity contribution in [2.45, 2.75) is 24.7 Å². The molecule has 0 bridgehead atoms. The zero-order valence-corrected chi connectivity index (χ0v) is 13.6. The van der Waals surface area contributed by atoms with Crippen LogP contribution in [0.5, 0.6) is 0 Å². The SMILES string of the molecule is Cc1ccccc1S(=O)(=O)NCCN1CCCCS1(=O)=O. The molecular weight excluding hydrogens is 312 g/mol. The monoisotopic (exact) mass is 332 g/mol. The molecule has 1 N–H and O–H groups in total. The molecule has 6 nitrogen and oxygen atoms in total. The number of sulfonamides is 2. The molecule has 0 radical (unpaired) electrons. The van der Waals surface area contributed by atoms with Gasteiger partial charge in [0.25, 0.3) is 0 Å². The van der Waals surface area contributed by atoms with Crippen LogP contribution in [-0.2, 0) is 20.0 Å². The maximum atomic E-state index is 12.2. The van der Waals surface area contributed by atoms with Gasteiger partial charge in [0.05, 0.1) is 10.6 Å². The van der Waals surface area contributed by atoms with Gasteiger partial charge < -0.3 is 0 Å². The molecule has 0 amide bonds. The van der Waals surface area contributed by atoms with Crippen molar-refractivity contribution in [1.82, 2.24) is 9.03 Å². The van der Waals surface area contributed by atoms with Crippen molar-refractivity contribution >= 4 is 20.0 Å². The van der Waals surface area contributed by atoms with Crippen molar-refractivity contribution in [3.8, 4) is 0 Å². The number of hydrogen-bond acceptors (Lipinski definition) is 4. The molecule has 1 saturated heterocycles. The maximum absolute atomic E-state index is 12.2. The summed E-state index contributed by atoms with van der Waals surface area (Å²) in [4.78, 5) is 0.228. The summed E-state index contributed by atoms with van der Waals surface area (Å²) in [5.41, 5.74) is 0.663. The number of nitrogens with zero attached hydrogens (tertiary/aromatic N) is 1. The van der Waals surface area contributed by atoms with Crippen LogP contribution in [0.1, 0.15) is 18.4 Å². The van der Waals surface area contributed by atoms with Crippen molar-refractivity contribution in [3.05, 3.63) is 29.8 Å². The highest BCUT2D eigenvalue weighted by molar-refractivity contribution is 7.89. The highest BCUT2D eigenvalue weighted by atomic mass is 32.2. The van der Waals surface area contributed by atoms with Gasteiger partial charge in [-0.2, -0.15) is 0 Å². The lowest BCUT2D eigenvalue weighted by atomic mass is 10.2. The van der Waals surface area contributed by atoms with E-state index >= 15 is 0 Å². The van der Waals surface area contributed by atoms with Crippen molar-refractivity contribution in [1.29, 1.82) is 0 Å². The smallest absolute Gasteiger partial charge is 0.212 e. The number of benzene rings is 1. The van der Waals surface area contributed by atoms with Crippen LogP contribution in [0, 0.1) is 6.92 Å². The minimum Gasteiger partial charge on any atom is -0.212 e. The summed E-state index contributed by atoms with van der Waals surface area (Å²) in [7, 11) is -6.82. The van der Waals surface area contributed by atoms with Crippen LogP contribution in [0.15, 0.2) is 29.2 Å². The van der Waals surface area contributed by atoms with E-state index in [1.807, 2.05) is 0 Å². The molecule has 2 rings (SSSR count). The second kappa shape index (κ2) is 6.43. The first kappa shape index (κ1) is 16.4. The number of aryl methyl sites for hydroxylation is 1. The van der Waals surface area contributed by atoms with Gasteiger partial charge in [-0.25, -0.2) is 25.9 Å². The van der Waals surface area contributed by atoms with E-state index in [-0.39, 0.29) is 23.7 Å². The fourth-order valence-corrected chi connectivity index (χ4v) is 5.20. The van der Waals surface area contributed by atoms with E-state index in [0.29, 0.717) is 18.5 Å². The molecule has 21 heavy (non-hydrogen) atoms. The summed E-state index contributed by atoms with van der Waals surface area (Å²) in [5, 5.41) is 0. The third-order valence-electron chi connectivity index (χ3n) is 3.49. The van der Waals surface area contributed by atoms with Crippen LogP contribution < -0.4 is 4.72 Å². The van der Waals surface area contributed by atoms with Crippen LogP contribution in [0.3, 0.4) is 0 Å². The van der Waals surface area contributed by atoms with Gasteiger partial charge in [0.2, 0.25) is 20.0 Å². The average molecular weight is 332 g/mol. The van der Waals surface area contributed by atoms with Gasteiger partial charge in [-0.1, -0.05) is 18.2 Å². The largest absolute Gasteiger partial charge is 0.240 e. The van der Waals surface area contributed by atoms with Crippen molar-refractivity contribution in [3.63, 3.8) is 0 Å². The first-order valence-electron chi connectivity index (χ1n) is 6.86. The Bertz CT molecular complexity index is 699.